The molecule has 1 atom stereocenters. The number of ether oxygens (including phenoxy) is 2. The molecule has 0 amide bonds. The number of carbonyl (C=O) groups is 1. The Morgan fingerprint density at radius 2 is 2.00 bits per heavy atom. The molecule has 33 heavy (non-hydrogen) atoms. The van der Waals surface area contributed by atoms with Gasteiger partial charge in [0.05, 0.1) is 40.6 Å². The van der Waals surface area contributed by atoms with Crippen LogP contribution in [-0.2, 0) is 9.53 Å². The van der Waals surface area contributed by atoms with E-state index in [1.165, 1.54) is 22.8 Å². The van der Waals surface area contributed by atoms with Gasteiger partial charge in [-0.1, -0.05) is 41.1 Å². The number of aromatic nitrogens is 1. The topological polar surface area (TPSA) is 69.9 Å². The third-order valence-electron chi connectivity index (χ3n) is 5.22. The molecule has 4 rings (SSSR count). The summed E-state index contributed by atoms with van der Waals surface area (Å²) in [5.74, 6) is -0.451. The van der Waals surface area contributed by atoms with E-state index in [0.717, 1.165) is 11.3 Å². The summed E-state index contributed by atoms with van der Waals surface area (Å²) in [6.45, 7) is 3.60. The predicted molar refractivity (Wildman–Crippen MR) is 125 cm³/mol. The van der Waals surface area contributed by atoms with Crippen LogP contribution in [0.3, 0.4) is 0 Å². The number of rotatable bonds is 5. The first-order valence-corrected chi connectivity index (χ1v) is 11.3. The zero-order valence-electron chi connectivity index (χ0n) is 18.1. The van der Waals surface area contributed by atoms with Crippen molar-refractivity contribution in [2.24, 2.45) is 4.99 Å². The van der Waals surface area contributed by atoms with E-state index in [4.69, 9.17) is 21.1 Å². The van der Waals surface area contributed by atoms with Crippen LogP contribution in [0.25, 0.3) is 6.08 Å². The van der Waals surface area contributed by atoms with Crippen LogP contribution in [0.15, 0.2) is 63.5 Å². The molecule has 6 nitrogen and oxygen atoms in total. The Hall–Kier alpha value is -3.23. The summed E-state index contributed by atoms with van der Waals surface area (Å²) in [5, 5.41) is 0.191. The first kappa shape index (κ1) is 22.9. The quantitative estimate of drug-likeness (QED) is 0.517. The van der Waals surface area contributed by atoms with Gasteiger partial charge in [0, 0.05) is 5.56 Å². The maximum absolute atomic E-state index is 14.4. The second-order valence-corrected chi connectivity index (χ2v) is 8.63. The van der Waals surface area contributed by atoms with Gasteiger partial charge in [-0.25, -0.2) is 14.2 Å². The second-order valence-electron chi connectivity index (χ2n) is 7.21. The van der Waals surface area contributed by atoms with Gasteiger partial charge in [-0.2, -0.15) is 0 Å². The molecule has 0 saturated heterocycles. The molecule has 170 valence electrons. The number of halogens is 2. The minimum atomic E-state index is -0.760. The van der Waals surface area contributed by atoms with Crippen molar-refractivity contribution in [1.29, 1.82) is 0 Å². The minimum Gasteiger partial charge on any atom is -0.497 e. The average Bonchev–Trinajstić information content (AvgIpc) is 3.10. The Morgan fingerprint density at radius 3 is 2.64 bits per heavy atom. The first-order chi connectivity index (χ1) is 15.8. The first-order valence-electron chi connectivity index (χ1n) is 10.1. The minimum absolute atomic E-state index is 0.117. The maximum atomic E-state index is 14.4. The van der Waals surface area contributed by atoms with Crippen molar-refractivity contribution >= 4 is 35.0 Å². The van der Waals surface area contributed by atoms with Crippen LogP contribution in [0.2, 0.25) is 5.02 Å². The molecule has 1 aliphatic rings. The summed E-state index contributed by atoms with van der Waals surface area (Å²) >= 11 is 7.26. The van der Waals surface area contributed by atoms with Crippen molar-refractivity contribution < 1.29 is 18.7 Å². The molecule has 0 aliphatic carbocycles. The van der Waals surface area contributed by atoms with Crippen LogP contribution in [-0.4, -0.2) is 24.3 Å². The Balaban J connectivity index is 1.97. The molecule has 1 aromatic heterocycles. The lowest BCUT2D eigenvalue weighted by atomic mass is 9.96. The van der Waals surface area contributed by atoms with Gasteiger partial charge in [-0.15, -0.1) is 0 Å². The molecule has 0 N–H and O–H groups in total. The van der Waals surface area contributed by atoms with Crippen LogP contribution in [0, 0.1) is 5.82 Å². The molecule has 9 heteroatoms. The summed E-state index contributed by atoms with van der Waals surface area (Å²) < 4.78 is 26.5. The van der Waals surface area contributed by atoms with Crippen LogP contribution in [0.1, 0.15) is 31.0 Å². The van der Waals surface area contributed by atoms with Crippen molar-refractivity contribution in [1.82, 2.24) is 4.57 Å². The van der Waals surface area contributed by atoms with Gasteiger partial charge in [0.1, 0.15) is 11.6 Å². The van der Waals surface area contributed by atoms with Crippen molar-refractivity contribution in [2.45, 2.75) is 19.9 Å². The highest BCUT2D eigenvalue weighted by Crippen LogP contribution is 2.31. The number of methoxy groups -OCH3 is 1. The summed E-state index contributed by atoms with van der Waals surface area (Å²) in [6, 6.07) is 10.6. The van der Waals surface area contributed by atoms with E-state index in [0.29, 0.717) is 21.8 Å². The highest BCUT2D eigenvalue weighted by atomic mass is 35.5. The van der Waals surface area contributed by atoms with Crippen LogP contribution in [0.4, 0.5) is 4.39 Å². The van der Waals surface area contributed by atoms with E-state index in [2.05, 4.69) is 4.99 Å². The average molecular weight is 487 g/mol. The normalized spacial score (nSPS) is 15.8. The van der Waals surface area contributed by atoms with Gasteiger partial charge >= 0.3 is 5.97 Å². The summed E-state index contributed by atoms with van der Waals surface area (Å²) in [5.41, 5.74) is 1.11. The molecule has 2 aromatic carbocycles. The van der Waals surface area contributed by atoms with E-state index in [9.17, 15) is 14.0 Å². The highest BCUT2D eigenvalue weighted by molar-refractivity contribution is 7.07. The number of esters is 1. The number of hydrogen-bond acceptors (Lipinski definition) is 6. The largest absolute Gasteiger partial charge is 0.497 e. The Bertz CT molecular complexity index is 1420. The molecule has 0 radical (unpaired) electrons. The molecule has 0 saturated carbocycles. The lowest BCUT2D eigenvalue weighted by Gasteiger charge is -2.24. The van der Waals surface area contributed by atoms with Crippen LogP contribution in [0.5, 0.6) is 5.75 Å². The third-order valence-corrected chi connectivity index (χ3v) is 6.54. The summed E-state index contributed by atoms with van der Waals surface area (Å²) in [4.78, 5) is 31.3. The van der Waals surface area contributed by atoms with Gasteiger partial charge in [-0.3, -0.25) is 9.36 Å². The number of fused-ring (bicyclic) bond motifs is 1. The Kier molecular flexibility index (Phi) is 6.49. The van der Waals surface area contributed by atoms with Crippen LogP contribution < -0.4 is 19.6 Å². The number of hydrogen-bond donors (Lipinski definition) is 0. The number of nitrogens with zero attached hydrogens (tertiary/aromatic N) is 2. The zero-order valence-corrected chi connectivity index (χ0v) is 19.7. The Morgan fingerprint density at radius 1 is 1.27 bits per heavy atom. The van der Waals surface area contributed by atoms with Gasteiger partial charge in [0.15, 0.2) is 4.80 Å². The molecule has 0 fully saturated rings. The van der Waals surface area contributed by atoms with Crippen molar-refractivity contribution in [3.8, 4) is 5.75 Å². The number of thiazole rings is 1. The predicted octanol–water partition coefficient (Wildman–Crippen LogP) is 3.60. The smallest absolute Gasteiger partial charge is 0.338 e. The fourth-order valence-corrected chi connectivity index (χ4v) is 4.92. The van der Waals surface area contributed by atoms with Crippen molar-refractivity contribution in [3.63, 3.8) is 0 Å². The number of carbonyl (C=O) groups excluding carboxylic acids is 1. The molecule has 3 aromatic rings. The van der Waals surface area contributed by atoms with Crippen LogP contribution >= 0.6 is 22.9 Å². The molecular formula is C24H20ClFN2O4S. The lowest BCUT2D eigenvalue weighted by Crippen LogP contribution is -2.39. The number of allylic oxidation sites excluding steroid dienone is 1. The number of benzene rings is 2. The van der Waals surface area contributed by atoms with Gasteiger partial charge in [0.25, 0.3) is 5.56 Å². The SMILES string of the molecule is CCOC(=O)C1=C(C)N=c2sc(=Cc3c(F)cccc3Cl)c(=O)n2C1c1ccc(OC)cc1. The fraction of sp³-hybridized carbons (Fsp3) is 0.208. The van der Waals surface area contributed by atoms with E-state index in [1.807, 2.05) is 0 Å². The summed E-state index contributed by atoms with van der Waals surface area (Å²) in [6.07, 6.45) is 1.41. The van der Waals surface area contributed by atoms with Gasteiger partial charge in [-0.05, 0) is 49.8 Å². The monoisotopic (exact) mass is 486 g/mol. The van der Waals surface area contributed by atoms with Crippen molar-refractivity contribution in [3.05, 3.63) is 95.4 Å². The summed E-state index contributed by atoms with van der Waals surface area (Å²) in [7, 11) is 1.56. The van der Waals surface area contributed by atoms with E-state index in [1.54, 1.807) is 51.3 Å². The molecular weight excluding hydrogens is 467 g/mol. The lowest BCUT2D eigenvalue weighted by molar-refractivity contribution is -0.139. The molecule has 1 aliphatic heterocycles. The standard InChI is InChI=1S/C24H20ClFN2O4S/c1-4-32-23(30)20-13(2)27-24-28(21(20)14-8-10-15(31-3)11-9-14)22(29)19(33-24)12-16-17(25)6-5-7-18(16)26/h5-12,21H,4H2,1-3H3. The van der Waals surface area contributed by atoms with E-state index >= 15 is 0 Å². The maximum Gasteiger partial charge on any atom is 0.338 e. The highest BCUT2D eigenvalue weighted by Gasteiger charge is 2.33. The van der Waals surface area contributed by atoms with Gasteiger partial charge < -0.3 is 9.47 Å². The molecule has 1 unspecified atom stereocenters. The molecule has 2 heterocycles. The Labute approximate surface area is 197 Å². The third kappa shape index (κ3) is 4.24. The van der Waals surface area contributed by atoms with E-state index < -0.39 is 23.4 Å². The second kappa shape index (κ2) is 9.33. The fourth-order valence-electron chi connectivity index (χ4n) is 3.67. The molecule has 0 spiro atoms. The van der Waals surface area contributed by atoms with Gasteiger partial charge in [0.2, 0.25) is 0 Å². The van der Waals surface area contributed by atoms with E-state index in [-0.39, 0.29) is 27.3 Å². The zero-order chi connectivity index (χ0) is 23.7. The van der Waals surface area contributed by atoms with Crippen molar-refractivity contribution in [2.75, 3.05) is 13.7 Å². The molecule has 0 bridgehead atoms.